The molecule has 1 aliphatic rings. The third-order valence-corrected chi connectivity index (χ3v) is 5.95. The normalized spacial score (nSPS) is 15.1. The standard InChI is InChI=1S/C24H28N4O4/c1-14-12-17(16(3)25-19-7-5-6-15(2)20(19)23(30)31)21-18(13-14)22(29)27(4)24(26-21)28-8-10-32-11-9-28/h5-7,12-13,16,25H,8-11H2,1-4H3,(H,30,31). The summed E-state index contributed by atoms with van der Waals surface area (Å²) in [4.78, 5) is 32.0. The summed E-state index contributed by atoms with van der Waals surface area (Å²) < 4.78 is 7.04. The number of fused-ring (bicyclic) bond motifs is 1. The van der Waals surface area contributed by atoms with Crippen LogP contribution in [0.4, 0.5) is 11.6 Å². The molecule has 3 aromatic rings. The second-order valence-corrected chi connectivity index (χ2v) is 8.29. The van der Waals surface area contributed by atoms with E-state index < -0.39 is 5.97 Å². The van der Waals surface area contributed by atoms with Crippen molar-refractivity contribution in [2.24, 2.45) is 7.05 Å². The summed E-state index contributed by atoms with van der Waals surface area (Å²) in [5, 5.41) is 13.6. The maximum atomic E-state index is 13.2. The minimum absolute atomic E-state index is 0.101. The fourth-order valence-corrected chi connectivity index (χ4v) is 4.30. The molecule has 32 heavy (non-hydrogen) atoms. The predicted molar refractivity (Wildman–Crippen MR) is 125 cm³/mol. The summed E-state index contributed by atoms with van der Waals surface area (Å²) in [5.41, 5.74) is 3.79. The highest BCUT2D eigenvalue weighted by Gasteiger charge is 2.22. The number of nitrogens with zero attached hydrogens (tertiary/aromatic N) is 3. The molecule has 0 aliphatic carbocycles. The topological polar surface area (TPSA) is 96.7 Å². The van der Waals surface area contributed by atoms with Gasteiger partial charge in [0, 0.05) is 31.4 Å². The number of rotatable bonds is 5. The highest BCUT2D eigenvalue weighted by molar-refractivity contribution is 5.96. The van der Waals surface area contributed by atoms with Gasteiger partial charge in [-0.1, -0.05) is 18.2 Å². The van der Waals surface area contributed by atoms with Crippen LogP contribution in [0, 0.1) is 13.8 Å². The minimum atomic E-state index is -0.978. The zero-order chi connectivity index (χ0) is 23.0. The molecule has 0 amide bonds. The number of morpholine rings is 1. The van der Waals surface area contributed by atoms with Crippen LogP contribution in [-0.2, 0) is 11.8 Å². The van der Waals surface area contributed by atoms with Gasteiger partial charge in [0.05, 0.1) is 35.7 Å². The van der Waals surface area contributed by atoms with E-state index in [1.165, 1.54) is 0 Å². The monoisotopic (exact) mass is 436 g/mol. The molecule has 0 radical (unpaired) electrons. The quantitative estimate of drug-likeness (QED) is 0.634. The molecule has 0 saturated carbocycles. The van der Waals surface area contributed by atoms with Crippen LogP contribution < -0.4 is 15.8 Å². The Morgan fingerprint density at radius 1 is 1.22 bits per heavy atom. The van der Waals surface area contributed by atoms with E-state index in [9.17, 15) is 14.7 Å². The van der Waals surface area contributed by atoms with Gasteiger partial charge in [-0.15, -0.1) is 0 Å². The largest absolute Gasteiger partial charge is 0.478 e. The van der Waals surface area contributed by atoms with Gasteiger partial charge in [-0.25, -0.2) is 9.78 Å². The van der Waals surface area contributed by atoms with Crippen LogP contribution >= 0.6 is 0 Å². The third kappa shape index (κ3) is 3.93. The molecule has 0 spiro atoms. The average molecular weight is 437 g/mol. The molecule has 2 N–H and O–H groups in total. The Kier molecular flexibility index (Phi) is 5.88. The number of nitrogens with one attached hydrogen (secondary N) is 1. The number of carbonyl (C=O) groups is 1. The number of hydrogen-bond acceptors (Lipinski definition) is 6. The van der Waals surface area contributed by atoms with Gasteiger partial charge in [-0.05, 0) is 44.0 Å². The van der Waals surface area contributed by atoms with Crippen molar-refractivity contribution >= 4 is 28.5 Å². The van der Waals surface area contributed by atoms with E-state index in [-0.39, 0.29) is 17.2 Å². The van der Waals surface area contributed by atoms with E-state index in [0.29, 0.717) is 54.4 Å². The maximum absolute atomic E-state index is 13.2. The third-order valence-electron chi connectivity index (χ3n) is 5.95. The molecule has 8 heteroatoms. The molecule has 1 aliphatic heterocycles. The van der Waals surface area contributed by atoms with Crippen molar-refractivity contribution in [3.8, 4) is 0 Å². The van der Waals surface area contributed by atoms with Crippen LogP contribution in [0.25, 0.3) is 10.9 Å². The van der Waals surface area contributed by atoms with Gasteiger partial charge in [0.1, 0.15) is 0 Å². The summed E-state index contributed by atoms with van der Waals surface area (Å²) in [7, 11) is 1.75. The van der Waals surface area contributed by atoms with E-state index in [1.807, 2.05) is 32.0 Å². The van der Waals surface area contributed by atoms with Crippen molar-refractivity contribution < 1.29 is 14.6 Å². The summed E-state index contributed by atoms with van der Waals surface area (Å²) in [6.45, 7) is 8.21. The summed E-state index contributed by atoms with van der Waals surface area (Å²) in [6.07, 6.45) is 0. The number of aryl methyl sites for hydroxylation is 2. The summed E-state index contributed by atoms with van der Waals surface area (Å²) in [5.74, 6) is -0.363. The predicted octanol–water partition coefficient (Wildman–Crippen LogP) is 3.26. The number of hydrogen-bond donors (Lipinski definition) is 2. The maximum Gasteiger partial charge on any atom is 0.338 e. The lowest BCUT2D eigenvalue weighted by atomic mass is 10.00. The fourth-order valence-electron chi connectivity index (χ4n) is 4.30. The molecule has 168 valence electrons. The van der Waals surface area contributed by atoms with Crippen LogP contribution in [0.2, 0.25) is 0 Å². The molecule has 1 fully saturated rings. The zero-order valence-corrected chi connectivity index (χ0v) is 18.8. The summed E-state index contributed by atoms with van der Waals surface area (Å²) >= 11 is 0. The Morgan fingerprint density at radius 2 is 1.94 bits per heavy atom. The number of carboxylic acids is 1. The van der Waals surface area contributed by atoms with E-state index in [0.717, 1.165) is 11.1 Å². The van der Waals surface area contributed by atoms with Crippen molar-refractivity contribution in [2.45, 2.75) is 26.8 Å². The van der Waals surface area contributed by atoms with E-state index >= 15 is 0 Å². The Morgan fingerprint density at radius 3 is 2.62 bits per heavy atom. The van der Waals surface area contributed by atoms with Gasteiger partial charge in [-0.2, -0.15) is 0 Å². The Labute approximate surface area is 186 Å². The van der Waals surface area contributed by atoms with Crippen LogP contribution in [-0.4, -0.2) is 46.9 Å². The number of ether oxygens (including phenoxy) is 1. The highest BCUT2D eigenvalue weighted by Crippen LogP contribution is 2.29. The van der Waals surface area contributed by atoms with Crippen LogP contribution in [0.1, 0.15) is 40.0 Å². The Balaban J connectivity index is 1.83. The second-order valence-electron chi connectivity index (χ2n) is 8.29. The molecule has 2 heterocycles. The number of aromatic nitrogens is 2. The first-order valence-electron chi connectivity index (χ1n) is 10.7. The number of anilines is 2. The van der Waals surface area contributed by atoms with E-state index in [2.05, 4.69) is 10.2 Å². The Hall–Kier alpha value is -3.39. The lowest BCUT2D eigenvalue weighted by Gasteiger charge is -2.29. The van der Waals surface area contributed by atoms with Crippen LogP contribution in [0.15, 0.2) is 35.1 Å². The number of carboxylic acid groups (broad SMARTS) is 1. The number of aromatic carboxylic acids is 1. The van der Waals surface area contributed by atoms with Crippen molar-refractivity contribution in [3.05, 3.63) is 62.9 Å². The Bertz CT molecular complexity index is 1240. The molecule has 0 bridgehead atoms. The first-order valence-corrected chi connectivity index (χ1v) is 10.7. The molecule has 1 saturated heterocycles. The van der Waals surface area contributed by atoms with Crippen molar-refractivity contribution in [1.29, 1.82) is 0 Å². The second kappa shape index (κ2) is 8.63. The van der Waals surface area contributed by atoms with Gasteiger partial charge >= 0.3 is 5.97 Å². The van der Waals surface area contributed by atoms with Gasteiger partial charge < -0.3 is 20.1 Å². The molecule has 2 aromatic carbocycles. The SMILES string of the molecule is Cc1cc(C(C)Nc2cccc(C)c2C(=O)O)c2nc(N3CCOCC3)n(C)c(=O)c2c1. The molecule has 4 rings (SSSR count). The molecule has 8 nitrogen and oxygen atoms in total. The van der Waals surface area contributed by atoms with Gasteiger partial charge in [0.15, 0.2) is 0 Å². The van der Waals surface area contributed by atoms with E-state index in [4.69, 9.17) is 9.72 Å². The van der Waals surface area contributed by atoms with Crippen LogP contribution in [0.5, 0.6) is 0 Å². The first-order chi connectivity index (χ1) is 15.3. The number of benzene rings is 2. The summed E-state index contributed by atoms with van der Waals surface area (Å²) in [6, 6.07) is 8.97. The minimum Gasteiger partial charge on any atom is -0.478 e. The smallest absolute Gasteiger partial charge is 0.338 e. The lowest BCUT2D eigenvalue weighted by Crippen LogP contribution is -2.40. The van der Waals surface area contributed by atoms with Gasteiger partial charge in [0.2, 0.25) is 5.95 Å². The molecular weight excluding hydrogens is 408 g/mol. The van der Waals surface area contributed by atoms with Crippen molar-refractivity contribution in [2.75, 3.05) is 36.5 Å². The molecule has 1 unspecified atom stereocenters. The molecule has 1 aromatic heterocycles. The van der Waals surface area contributed by atoms with E-state index in [1.54, 1.807) is 30.7 Å². The van der Waals surface area contributed by atoms with Crippen molar-refractivity contribution in [1.82, 2.24) is 9.55 Å². The highest BCUT2D eigenvalue weighted by atomic mass is 16.5. The zero-order valence-electron chi connectivity index (χ0n) is 18.8. The average Bonchev–Trinajstić information content (AvgIpc) is 2.76. The van der Waals surface area contributed by atoms with Crippen LogP contribution in [0.3, 0.4) is 0 Å². The lowest BCUT2D eigenvalue weighted by molar-refractivity contribution is 0.0697. The molecular formula is C24H28N4O4. The fraction of sp³-hybridized carbons (Fsp3) is 0.375. The molecule has 1 atom stereocenters. The van der Waals surface area contributed by atoms with Gasteiger partial charge in [0.25, 0.3) is 5.56 Å². The van der Waals surface area contributed by atoms with Crippen molar-refractivity contribution in [3.63, 3.8) is 0 Å². The van der Waals surface area contributed by atoms with Gasteiger partial charge in [-0.3, -0.25) is 9.36 Å². The first kappa shape index (κ1) is 21.8.